The van der Waals surface area contributed by atoms with Crippen molar-refractivity contribution in [2.45, 2.75) is 43.8 Å². The van der Waals surface area contributed by atoms with Crippen molar-refractivity contribution in [3.63, 3.8) is 0 Å². The van der Waals surface area contributed by atoms with E-state index in [-0.39, 0.29) is 19.0 Å². The van der Waals surface area contributed by atoms with Crippen LogP contribution in [0.2, 0.25) is 0 Å². The van der Waals surface area contributed by atoms with Crippen LogP contribution in [0.4, 0.5) is 13.2 Å². The summed E-state index contributed by atoms with van der Waals surface area (Å²) in [5.41, 5.74) is 1.78. The van der Waals surface area contributed by atoms with Gasteiger partial charge in [-0.2, -0.15) is 13.2 Å². The number of hydrogen-bond acceptors (Lipinski definition) is 5. The summed E-state index contributed by atoms with van der Waals surface area (Å²) in [4.78, 5) is 8.99. The monoisotopic (exact) mass is 491 g/mol. The van der Waals surface area contributed by atoms with Crippen LogP contribution in [0, 0.1) is 0 Å². The van der Waals surface area contributed by atoms with E-state index in [1.54, 1.807) is 19.2 Å². The summed E-state index contributed by atoms with van der Waals surface area (Å²) >= 11 is 0. The number of ether oxygens (including phenoxy) is 1. The molecule has 34 heavy (non-hydrogen) atoms. The topological polar surface area (TPSA) is 78.4 Å². The third kappa shape index (κ3) is 4.70. The standard InChI is InChI=1S/C24H24F3N3O3S/c1-15(2)23-28-21-11-12-30(34(31,32)19-6-4-5-17(13-19)24(25,26)27)14-20(21)22(29-23)16-7-9-18(33-3)10-8-16/h4-10,13,15H,11-12,14H2,1-3H3. The number of halogens is 3. The number of methoxy groups -OCH3 is 1. The minimum Gasteiger partial charge on any atom is -0.593 e. The summed E-state index contributed by atoms with van der Waals surface area (Å²) in [6, 6.07) is 11.1. The number of sulfonamides is 1. The molecule has 10 heteroatoms. The Morgan fingerprint density at radius 3 is 2.44 bits per heavy atom. The third-order valence-electron chi connectivity index (χ3n) is 5.72. The van der Waals surface area contributed by atoms with Crippen molar-refractivity contribution in [2.24, 2.45) is 0 Å². The van der Waals surface area contributed by atoms with Crippen molar-refractivity contribution < 1.29 is 26.7 Å². The summed E-state index contributed by atoms with van der Waals surface area (Å²) in [5, 5.41) is 0. The third-order valence-corrected chi connectivity index (χ3v) is 7.56. The molecule has 0 saturated heterocycles. The Morgan fingerprint density at radius 2 is 1.82 bits per heavy atom. The van der Waals surface area contributed by atoms with Gasteiger partial charge in [-0.3, -0.25) is 0 Å². The minimum absolute atomic E-state index is 0.0341. The molecule has 1 aliphatic heterocycles. The van der Waals surface area contributed by atoms with Crippen LogP contribution < -0.4 is 4.74 Å². The summed E-state index contributed by atoms with van der Waals surface area (Å²) < 4.78 is 72.5. The molecule has 0 spiro atoms. The first kappa shape index (κ1) is 24.3. The van der Waals surface area contributed by atoms with Crippen LogP contribution in [0.3, 0.4) is 0 Å². The van der Waals surface area contributed by atoms with Crippen LogP contribution in [0.15, 0.2) is 53.4 Å². The number of hydrogen-bond donors (Lipinski definition) is 0. The molecular formula is C24H24F3N3O3S. The zero-order valence-corrected chi connectivity index (χ0v) is 19.7. The van der Waals surface area contributed by atoms with Gasteiger partial charge in [-0.05, 0) is 36.4 Å². The average molecular weight is 492 g/mol. The van der Waals surface area contributed by atoms with E-state index < -0.39 is 27.0 Å². The first-order valence-corrected chi connectivity index (χ1v) is 12.2. The highest BCUT2D eigenvalue weighted by Crippen LogP contribution is 2.36. The summed E-state index contributed by atoms with van der Waals surface area (Å²) in [7, 11) is -2.60. The zero-order chi connectivity index (χ0) is 24.7. The summed E-state index contributed by atoms with van der Waals surface area (Å²) in [6.07, 6.45) is -4.30. The Bertz CT molecular complexity index is 1250. The lowest BCUT2D eigenvalue weighted by Crippen LogP contribution is -2.41. The number of rotatable bonds is 5. The van der Waals surface area contributed by atoms with Crippen molar-refractivity contribution in [2.75, 3.05) is 13.7 Å². The molecule has 0 radical (unpaired) electrons. The fourth-order valence-corrected chi connectivity index (χ4v) is 5.30. The second kappa shape index (κ2) is 9.09. The van der Waals surface area contributed by atoms with Gasteiger partial charge >= 0.3 is 6.18 Å². The van der Waals surface area contributed by atoms with Crippen LogP contribution in [-0.4, -0.2) is 32.5 Å². The number of fused-ring (bicyclic) bond motifs is 1. The van der Waals surface area contributed by atoms with E-state index >= 15 is 0 Å². The summed E-state index contributed by atoms with van der Waals surface area (Å²) in [5.74, 6) is 1.39. The highest BCUT2D eigenvalue weighted by atomic mass is 32.3. The fourth-order valence-electron chi connectivity index (χ4n) is 3.84. The van der Waals surface area contributed by atoms with Gasteiger partial charge in [0.05, 0.1) is 37.2 Å². The molecule has 0 fully saturated rings. The van der Waals surface area contributed by atoms with Crippen LogP contribution in [0.25, 0.3) is 11.3 Å². The van der Waals surface area contributed by atoms with Crippen LogP contribution in [0.1, 0.15) is 42.4 Å². The SMILES string of the molecule is COc1ccc(-c2nc(C(C)C)nc3c2CN([S+](=O)([O-])c2cccc(C(F)(F)F)c2)CC3)cc1. The molecule has 6 nitrogen and oxygen atoms in total. The van der Waals surface area contributed by atoms with Gasteiger partial charge in [0.2, 0.25) is 0 Å². The van der Waals surface area contributed by atoms with Crippen molar-refractivity contribution in [1.29, 1.82) is 0 Å². The maximum absolute atomic E-state index is 13.3. The molecule has 1 atom stereocenters. The highest BCUT2D eigenvalue weighted by molar-refractivity contribution is 7.95. The van der Waals surface area contributed by atoms with Crippen molar-refractivity contribution >= 4 is 10.4 Å². The Kier molecular flexibility index (Phi) is 6.50. The largest absolute Gasteiger partial charge is 0.593 e. The predicted molar refractivity (Wildman–Crippen MR) is 121 cm³/mol. The molecule has 2 aromatic carbocycles. The van der Waals surface area contributed by atoms with E-state index in [0.717, 1.165) is 23.4 Å². The molecule has 0 N–H and O–H groups in total. The van der Waals surface area contributed by atoms with E-state index in [9.17, 15) is 21.9 Å². The van der Waals surface area contributed by atoms with Gasteiger partial charge in [-0.1, -0.05) is 24.1 Å². The lowest BCUT2D eigenvalue weighted by molar-refractivity contribution is -0.137. The van der Waals surface area contributed by atoms with E-state index in [2.05, 4.69) is 4.98 Å². The zero-order valence-electron chi connectivity index (χ0n) is 18.9. The van der Waals surface area contributed by atoms with Crippen LogP contribution in [-0.2, 0) is 33.8 Å². The molecular weight excluding hydrogens is 467 g/mol. The van der Waals surface area contributed by atoms with Gasteiger partial charge in [-0.25, -0.2) is 9.97 Å². The van der Waals surface area contributed by atoms with Gasteiger partial charge in [0, 0.05) is 29.5 Å². The van der Waals surface area contributed by atoms with Crippen LogP contribution in [0.5, 0.6) is 5.75 Å². The number of alkyl halides is 3. The lowest BCUT2D eigenvalue weighted by atomic mass is 9.99. The van der Waals surface area contributed by atoms with Gasteiger partial charge in [0.25, 0.3) is 0 Å². The molecule has 180 valence electrons. The van der Waals surface area contributed by atoms with Gasteiger partial charge < -0.3 is 9.29 Å². The molecule has 3 aromatic rings. The van der Waals surface area contributed by atoms with Crippen molar-refractivity contribution in [3.05, 3.63) is 71.2 Å². The molecule has 4 rings (SSSR count). The Hall–Kier alpha value is -2.82. The molecule has 2 heterocycles. The second-order valence-corrected chi connectivity index (χ2v) is 10.3. The Balaban J connectivity index is 1.75. The minimum atomic E-state index is -4.64. The molecule has 0 aliphatic carbocycles. The molecule has 0 saturated carbocycles. The van der Waals surface area contributed by atoms with E-state index in [1.807, 2.05) is 26.0 Å². The van der Waals surface area contributed by atoms with Crippen LogP contribution >= 0.6 is 0 Å². The maximum Gasteiger partial charge on any atom is 0.416 e. The first-order chi connectivity index (χ1) is 16.0. The molecule has 1 unspecified atom stereocenters. The Morgan fingerprint density at radius 1 is 1.12 bits per heavy atom. The molecule has 0 amide bonds. The average Bonchev–Trinajstić information content (AvgIpc) is 2.82. The van der Waals surface area contributed by atoms with Gasteiger partial charge in [-0.15, -0.1) is 4.31 Å². The number of benzene rings is 2. The quantitative estimate of drug-likeness (QED) is 0.455. The lowest BCUT2D eigenvalue weighted by Gasteiger charge is -2.32. The molecule has 1 aliphatic rings. The Labute approximate surface area is 197 Å². The maximum atomic E-state index is 13.3. The summed E-state index contributed by atoms with van der Waals surface area (Å²) in [6.45, 7) is 4.04. The van der Waals surface area contributed by atoms with E-state index in [0.29, 0.717) is 35.3 Å². The molecule has 0 bridgehead atoms. The predicted octanol–water partition coefficient (Wildman–Crippen LogP) is 5.26. The second-order valence-electron chi connectivity index (χ2n) is 8.35. The van der Waals surface area contributed by atoms with Crippen molar-refractivity contribution in [3.8, 4) is 17.0 Å². The number of aromatic nitrogens is 2. The normalized spacial score (nSPS) is 16.2. The fraction of sp³-hybridized carbons (Fsp3) is 0.333. The smallest absolute Gasteiger partial charge is 0.416 e. The van der Waals surface area contributed by atoms with E-state index in [4.69, 9.17) is 9.72 Å². The van der Waals surface area contributed by atoms with E-state index in [1.165, 1.54) is 10.4 Å². The highest BCUT2D eigenvalue weighted by Gasteiger charge is 2.38. The van der Waals surface area contributed by atoms with Gasteiger partial charge in [0.1, 0.15) is 11.6 Å². The molecule has 1 aromatic heterocycles. The van der Waals surface area contributed by atoms with Crippen molar-refractivity contribution in [1.82, 2.24) is 14.3 Å². The van der Waals surface area contributed by atoms with Gasteiger partial charge in [0.15, 0.2) is 15.3 Å². The first-order valence-electron chi connectivity index (χ1n) is 10.7. The number of nitrogens with zero attached hydrogens (tertiary/aromatic N) is 3.